The van der Waals surface area contributed by atoms with Gasteiger partial charge in [0.25, 0.3) is 0 Å². The highest BCUT2D eigenvalue weighted by molar-refractivity contribution is 7.89. The summed E-state index contributed by atoms with van der Waals surface area (Å²) in [7, 11) is -4.42. The van der Waals surface area contributed by atoms with Crippen LogP contribution >= 0.6 is 0 Å². The number of sulfonamides is 1. The first-order chi connectivity index (χ1) is 9.66. The molecule has 1 fully saturated rings. The molecule has 1 saturated heterocycles. The standard InChI is InChI=1S/C12H12F3NO4S/c1-6-4-16(5-7(6)12(17)18)21(19,20)9-3-2-8(13)10(14)11(9)15/h2-3,6-7H,4-5H2,1H3,(H,17,18)/t6-,7-/m1/s1. The molecule has 21 heavy (non-hydrogen) atoms. The minimum atomic E-state index is -4.42. The second-order valence-corrected chi connectivity index (χ2v) is 6.82. The molecule has 0 aromatic heterocycles. The highest BCUT2D eigenvalue weighted by Gasteiger charge is 2.42. The number of carbonyl (C=O) groups is 1. The van der Waals surface area contributed by atoms with Gasteiger partial charge >= 0.3 is 5.97 Å². The van der Waals surface area contributed by atoms with Crippen molar-refractivity contribution in [2.24, 2.45) is 11.8 Å². The third kappa shape index (κ3) is 2.62. The summed E-state index contributed by atoms with van der Waals surface area (Å²) < 4.78 is 64.9. The van der Waals surface area contributed by atoms with E-state index in [9.17, 15) is 26.4 Å². The molecule has 116 valence electrons. The Morgan fingerprint density at radius 3 is 2.38 bits per heavy atom. The highest BCUT2D eigenvalue weighted by atomic mass is 32.2. The van der Waals surface area contributed by atoms with Gasteiger partial charge in [0.2, 0.25) is 10.0 Å². The number of carboxylic acids is 1. The molecule has 1 heterocycles. The Bertz CT molecular complexity index is 692. The minimum absolute atomic E-state index is 0.127. The zero-order valence-electron chi connectivity index (χ0n) is 10.9. The van der Waals surface area contributed by atoms with E-state index < -0.39 is 50.2 Å². The first kappa shape index (κ1) is 15.8. The second kappa shape index (κ2) is 5.30. The fraction of sp³-hybridized carbons (Fsp3) is 0.417. The van der Waals surface area contributed by atoms with Gasteiger partial charge in [0, 0.05) is 13.1 Å². The van der Waals surface area contributed by atoms with Gasteiger partial charge in [-0.2, -0.15) is 4.31 Å². The van der Waals surface area contributed by atoms with E-state index in [-0.39, 0.29) is 13.1 Å². The van der Waals surface area contributed by atoms with Gasteiger partial charge in [0.05, 0.1) is 5.92 Å². The van der Waals surface area contributed by atoms with Crippen molar-refractivity contribution in [1.29, 1.82) is 0 Å². The zero-order valence-corrected chi connectivity index (χ0v) is 11.7. The summed E-state index contributed by atoms with van der Waals surface area (Å²) in [6, 6.07) is 1.14. The third-order valence-electron chi connectivity index (χ3n) is 3.51. The van der Waals surface area contributed by atoms with E-state index in [1.165, 1.54) is 0 Å². The molecule has 1 N–H and O–H groups in total. The Hall–Kier alpha value is -1.61. The smallest absolute Gasteiger partial charge is 0.308 e. The number of aliphatic carboxylic acids is 1. The molecule has 0 saturated carbocycles. The van der Waals surface area contributed by atoms with E-state index in [2.05, 4.69) is 0 Å². The van der Waals surface area contributed by atoms with Crippen LogP contribution in [-0.2, 0) is 14.8 Å². The van der Waals surface area contributed by atoms with Crippen molar-refractivity contribution in [2.45, 2.75) is 11.8 Å². The first-order valence-corrected chi connectivity index (χ1v) is 7.46. The van der Waals surface area contributed by atoms with E-state index in [0.717, 1.165) is 4.31 Å². The lowest BCUT2D eigenvalue weighted by Crippen LogP contribution is -2.31. The molecule has 2 rings (SSSR count). The van der Waals surface area contributed by atoms with Crippen LogP contribution in [0.25, 0.3) is 0 Å². The van der Waals surface area contributed by atoms with Crippen LogP contribution < -0.4 is 0 Å². The number of carboxylic acid groups (broad SMARTS) is 1. The van der Waals surface area contributed by atoms with Crippen LogP contribution in [0.1, 0.15) is 6.92 Å². The molecule has 2 atom stereocenters. The van der Waals surface area contributed by atoms with Crippen LogP contribution in [0.15, 0.2) is 17.0 Å². The molecule has 5 nitrogen and oxygen atoms in total. The zero-order chi connectivity index (χ0) is 15.9. The third-order valence-corrected chi connectivity index (χ3v) is 5.36. The fourth-order valence-electron chi connectivity index (χ4n) is 2.29. The number of benzene rings is 1. The van der Waals surface area contributed by atoms with Crippen molar-refractivity contribution < 1.29 is 31.5 Å². The van der Waals surface area contributed by atoms with Gasteiger partial charge in [-0.15, -0.1) is 0 Å². The molecular weight excluding hydrogens is 311 g/mol. The van der Waals surface area contributed by atoms with Gasteiger partial charge in [0.1, 0.15) is 4.90 Å². The summed E-state index contributed by atoms with van der Waals surface area (Å²) in [4.78, 5) is 9.98. The molecule has 0 radical (unpaired) electrons. The molecule has 0 amide bonds. The topological polar surface area (TPSA) is 74.7 Å². The lowest BCUT2D eigenvalue weighted by molar-refractivity contribution is -0.142. The molecule has 1 aromatic rings. The highest BCUT2D eigenvalue weighted by Crippen LogP contribution is 2.30. The number of rotatable bonds is 3. The molecule has 1 aliphatic rings. The number of hydrogen-bond acceptors (Lipinski definition) is 3. The number of hydrogen-bond donors (Lipinski definition) is 1. The van der Waals surface area contributed by atoms with Gasteiger partial charge in [-0.3, -0.25) is 4.79 Å². The maximum Gasteiger partial charge on any atom is 0.308 e. The second-order valence-electron chi connectivity index (χ2n) is 4.92. The molecule has 0 unspecified atom stereocenters. The monoisotopic (exact) mass is 323 g/mol. The van der Waals surface area contributed by atoms with E-state index in [4.69, 9.17) is 5.11 Å². The van der Waals surface area contributed by atoms with Crippen LogP contribution in [0, 0.1) is 29.3 Å². The van der Waals surface area contributed by atoms with Gasteiger partial charge in [-0.1, -0.05) is 6.92 Å². The quantitative estimate of drug-likeness (QED) is 0.854. The summed E-state index contributed by atoms with van der Waals surface area (Å²) in [5.74, 6) is -7.73. The number of nitrogens with zero attached hydrogens (tertiary/aromatic N) is 1. The van der Waals surface area contributed by atoms with Gasteiger partial charge < -0.3 is 5.11 Å². The lowest BCUT2D eigenvalue weighted by Gasteiger charge is -2.16. The van der Waals surface area contributed by atoms with Crippen molar-refractivity contribution >= 4 is 16.0 Å². The molecule has 0 aliphatic carbocycles. The van der Waals surface area contributed by atoms with Crippen LogP contribution in [0.2, 0.25) is 0 Å². The Balaban J connectivity index is 2.41. The summed E-state index contributed by atoms with van der Waals surface area (Å²) >= 11 is 0. The van der Waals surface area contributed by atoms with Gasteiger partial charge in [0.15, 0.2) is 17.5 Å². The maximum atomic E-state index is 13.6. The Morgan fingerprint density at radius 2 is 1.86 bits per heavy atom. The summed E-state index contributed by atoms with van der Waals surface area (Å²) in [5.41, 5.74) is 0. The Kier molecular flexibility index (Phi) is 3.98. The molecule has 0 bridgehead atoms. The summed E-state index contributed by atoms with van der Waals surface area (Å²) in [6.07, 6.45) is 0. The van der Waals surface area contributed by atoms with Crippen LogP contribution in [0.5, 0.6) is 0 Å². The Labute approximate surface area is 119 Å². The largest absolute Gasteiger partial charge is 0.481 e. The predicted octanol–water partition coefficient (Wildman–Crippen LogP) is 1.45. The molecule has 1 aromatic carbocycles. The first-order valence-electron chi connectivity index (χ1n) is 6.02. The van der Waals surface area contributed by atoms with Crippen molar-refractivity contribution in [3.63, 3.8) is 0 Å². The van der Waals surface area contributed by atoms with E-state index in [1.54, 1.807) is 6.92 Å². The fourth-order valence-corrected chi connectivity index (χ4v) is 3.91. The van der Waals surface area contributed by atoms with Gasteiger partial charge in [-0.05, 0) is 18.1 Å². The molecular formula is C12H12F3NO4S. The van der Waals surface area contributed by atoms with Crippen molar-refractivity contribution in [2.75, 3.05) is 13.1 Å². The van der Waals surface area contributed by atoms with Crippen molar-refractivity contribution in [3.8, 4) is 0 Å². The Morgan fingerprint density at radius 1 is 1.24 bits per heavy atom. The SMILES string of the molecule is C[C@@H]1CN(S(=O)(=O)c2ccc(F)c(F)c2F)C[C@H]1C(=O)O. The average Bonchev–Trinajstić information content (AvgIpc) is 2.78. The summed E-state index contributed by atoms with van der Waals surface area (Å²) in [6.45, 7) is 1.09. The van der Waals surface area contributed by atoms with E-state index in [1.807, 2.05) is 0 Å². The van der Waals surface area contributed by atoms with Crippen molar-refractivity contribution in [1.82, 2.24) is 4.31 Å². The van der Waals surface area contributed by atoms with Crippen LogP contribution in [-0.4, -0.2) is 36.9 Å². The van der Waals surface area contributed by atoms with Crippen molar-refractivity contribution in [3.05, 3.63) is 29.6 Å². The van der Waals surface area contributed by atoms with Gasteiger partial charge in [-0.25, -0.2) is 21.6 Å². The van der Waals surface area contributed by atoms with Crippen LogP contribution in [0.3, 0.4) is 0 Å². The summed E-state index contributed by atoms with van der Waals surface area (Å²) in [5, 5.41) is 8.97. The normalized spacial score (nSPS) is 23.4. The minimum Gasteiger partial charge on any atom is -0.481 e. The van der Waals surface area contributed by atoms with E-state index >= 15 is 0 Å². The maximum absolute atomic E-state index is 13.6. The lowest BCUT2D eigenvalue weighted by atomic mass is 9.99. The number of halogens is 3. The molecule has 0 spiro atoms. The molecule has 1 aliphatic heterocycles. The van der Waals surface area contributed by atoms with E-state index in [0.29, 0.717) is 12.1 Å². The predicted molar refractivity (Wildman–Crippen MR) is 65.4 cm³/mol. The molecule has 9 heteroatoms. The average molecular weight is 323 g/mol. The van der Waals surface area contributed by atoms with Crippen LogP contribution in [0.4, 0.5) is 13.2 Å².